The van der Waals surface area contributed by atoms with Crippen LogP contribution in [0.3, 0.4) is 0 Å². The van der Waals surface area contributed by atoms with Crippen LogP contribution in [0.2, 0.25) is 0 Å². The molecule has 2 amide bonds. The molecule has 152 valence electrons. The van der Waals surface area contributed by atoms with Gasteiger partial charge >= 0.3 is 12.1 Å². The number of benzene rings is 2. The molecule has 29 heavy (non-hydrogen) atoms. The second kappa shape index (κ2) is 8.70. The summed E-state index contributed by atoms with van der Waals surface area (Å²) in [4.78, 5) is 33.9. The standard InChI is InChI=1S/C20H19FN2O6/c1-27-19(25)16(22)8-11-2-5-13(6-3-11)28-14-7-4-12(15(21)10-14)9-17-18(24)23-20(26)29-17/h2-7,10,16-17H,8-9,22H2,1H3,(H,23,24,26). The van der Waals surface area contributed by atoms with E-state index in [-0.39, 0.29) is 17.7 Å². The highest BCUT2D eigenvalue weighted by Gasteiger charge is 2.32. The lowest BCUT2D eigenvalue weighted by atomic mass is 10.1. The van der Waals surface area contributed by atoms with E-state index in [0.29, 0.717) is 12.2 Å². The summed E-state index contributed by atoms with van der Waals surface area (Å²) < 4.78 is 29.3. The van der Waals surface area contributed by atoms with Crippen LogP contribution in [0.5, 0.6) is 11.5 Å². The molecule has 2 atom stereocenters. The first-order valence-corrected chi connectivity index (χ1v) is 8.76. The molecule has 1 heterocycles. The quantitative estimate of drug-likeness (QED) is 0.679. The van der Waals surface area contributed by atoms with E-state index in [9.17, 15) is 18.8 Å². The number of methoxy groups -OCH3 is 1. The van der Waals surface area contributed by atoms with Gasteiger partial charge in [-0.05, 0) is 35.7 Å². The highest BCUT2D eigenvalue weighted by Crippen LogP contribution is 2.25. The Bertz CT molecular complexity index is 931. The van der Waals surface area contributed by atoms with Crippen molar-refractivity contribution in [2.24, 2.45) is 5.73 Å². The summed E-state index contributed by atoms with van der Waals surface area (Å²) in [5.74, 6) is -0.943. The number of cyclic esters (lactones) is 1. The molecule has 0 aliphatic carbocycles. The first-order valence-electron chi connectivity index (χ1n) is 8.76. The number of nitrogens with two attached hydrogens (primary N) is 1. The smallest absolute Gasteiger partial charge is 0.414 e. The van der Waals surface area contributed by atoms with Gasteiger partial charge in [0.2, 0.25) is 0 Å². The summed E-state index contributed by atoms with van der Waals surface area (Å²) in [6.07, 6.45) is -1.64. The van der Waals surface area contributed by atoms with Crippen molar-refractivity contribution in [1.82, 2.24) is 5.32 Å². The third-order valence-electron chi connectivity index (χ3n) is 4.32. The zero-order valence-electron chi connectivity index (χ0n) is 15.5. The maximum Gasteiger partial charge on any atom is 0.414 e. The zero-order chi connectivity index (χ0) is 21.0. The minimum atomic E-state index is -1.05. The van der Waals surface area contributed by atoms with Crippen LogP contribution in [0.15, 0.2) is 42.5 Å². The molecule has 2 aromatic rings. The molecule has 2 aromatic carbocycles. The third kappa shape index (κ3) is 5.08. The number of alkyl carbamates (subject to hydrolysis) is 1. The first kappa shape index (κ1) is 20.3. The Labute approximate surface area is 165 Å². The molecule has 0 spiro atoms. The molecule has 0 aromatic heterocycles. The Kier molecular flexibility index (Phi) is 6.08. The number of ether oxygens (including phenoxy) is 3. The molecule has 1 fully saturated rings. The molecule has 0 bridgehead atoms. The van der Waals surface area contributed by atoms with Gasteiger partial charge in [0.1, 0.15) is 23.4 Å². The van der Waals surface area contributed by atoms with Gasteiger partial charge in [0, 0.05) is 12.5 Å². The maximum absolute atomic E-state index is 14.3. The molecule has 3 rings (SSSR count). The van der Waals surface area contributed by atoms with Crippen LogP contribution in [-0.2, 0) is 31.9 Å². The van der Waals surface area contributed by atoms with Crippen LogP contribution in [-0.4, -0.2) is 37.2 Å². The number of nitrogens with one attached hydrogen (secondary N) is 1. The summed E-state index contributed by atoms with van der Waals surface area (Å²) in [6, 6.07) is 10.3. The number of halogens is 1. The lowest BCUT2D eigenvalue weighted by Crippen LogP contribution is -2.33. The molecule has 9 heteroatoms. The summed E-state index contributed by atoms with van der Waals surface area (Å²) in [7, 11) is 1.28. The van der Waals surface area contributed by atoms with Gasteiger partial charge in [-0.15, -0.1) is 0 Å². The van der Waals surface area contributed by atoms with Gasteiger partial charge in [0.05, 0.1) is 7.11 Å². The summed E-state index contributed by atoms with van der Waals surface area (Å²) in [6.45, 7) is 0. The fraction of sp³-hybridized carbons (Fsp3) is 0.250. The lowest BCUT2D eigenvalue weighted by molar-refractivity contribution is -0.142. The minimum Gasteiger partial charge on any atom is -0.468 e. The lowest BCUT2D eigenvalue weighted by Gasteiger charge is -2.11. The van der Waals surface area contributed by atoms with Crippen LogP contribution in [0.4, 0.5) is 9.18 Å². The van der Waals surface area contributed by atoms with E-state index in [1.807, 2.05) is 5.32 Å². The summed E-state index contributed by atoms with van der Waals surface area (Å²) >= 11 is 0. The molecule has 3 N–H and O–H groups in total. The Morgan fingerprint density at radius 3 is 2.48 bits per heavy atom. The molecule has 1 saturated heterocycles. The fourth-order valence-electron chi connectivity index (χ4n) is 2.80. The van der Waals surface area contributed by atoms with E-state index >= 15 is 0 Å². The SMILES string of the molecule is COC(=O)C(N)Cc1ccc(Oc2ccc(CC3OC(=O)NC3=O)c(F)c2)cc1. The number of amides is 2. The van der Waals surface area contributed by atoms with Crippen LogP contribution in [0.1, 0.15) is 11.1 Å². The van der Waals surface area contributed by atoms with Gasteiger partial charge in [-0.25, -0.2) is 9.18 Å². The van der Waals surface area contributed by atoms with Crippen LogP contribution >= 0.6 is 0 Å². The number of hydrogen-bond acceptors (Lipinski definition) is 7. The zero-order valence-corrected chi connectivity index (χ0v) is 15.5. The normalized spacial score (nSPS) is 16.7. The Morgan fingerprint density at radius 2 is 1.90 bits per heavy atom. The number of rotatable bonds is 7. The van der Waals surface area contributed by atoms with Crippen molar-refractivity contribution in [2.75, 3.05) is 7.11 Å². The molecular weight excluding hydrogens is 383 g/mol. The van der Waals surface area contributed by atoms with Crippen molar-refractivity contribution in [3.63, 3.8) is 0 Å². The van der Waals surface area contributed by atoms with Crippen molar-refractivity contribution < 1.29 is 33.0 Å². The van der Waals surface area contributed by atoms with Gasteiger partial charge in [0.25, 0.3) is 5.91 Å². The van der Waals surface area contributed by atoms with E-state index in [0.717, 1.165) is 5.56 Å². The van der Waals surface area contributed by atoms with Crippen molar-refractivity contribution in [1.29, 1.82) is 0 Å². The van der Waals surface area contributed by atoms with Crippen LogP contribution < -0.4 is 15.8 Å². The largest absolute Gasteiger partial charge is 0.468 e. The highest BCUT2D eigenvalue weighted by molar-refractivity contribution is 6.00. The molecule has 0 saturated carbocycles. The Hall–Kier alpha value is -3.46. The maximum atomic E-state index is 14.3. The minimum absolute atomic E-state index is 0.0706. The fourth-order valence-corrected chi connectivity index (χ4v) is 2.80. The molecular formula is C20H19FN2O6. The topological polar surface area (TPSA) is 117 Å². The second-order valence-corrected chi connectivity index (χ2v) is 6.42. The average molecular weight is 402 g/mol. The summed E-state index contributed by atoms with van der Waals surface area (Å²) in [5.41, 5.74) is 6.77. The predicted octanol–water partition coefficient (Wildman–Crippen LogP) is 1.84. The van der Waals surface area contributed by atoms with Gasteiger partial charge in [-0.1, -0.05) is 18.2 Å². The number of esters is 1. The molecule has 8 nitrogen and oxygen atoms in total. The van der Waals surface area contributed by atoms with Crippen molar-refractivity contribution in [3.05, 3.63) is 59.4 Å². The van der Waals surface area contributed by atoms with Crippen molar-refractivity contribution >= 4 is 18.0 Å². The van der Waals surface area contributed by atoms with E-state index in [1.165, 1.54) is 19.2 Å². The second-order valence-electron chi connectivity index (χ2n) is 6.42. The number of carbonyl (C=O) groups is 3. The van der Waals surface area contributed by atoms with Gasteiger partial charge in [-0.3, -0.25) is 14.9 Å². The number of hydrogen-bond donors (Lipinski definition) is 2. The number of imide groups is 1. The highest BCUT2D eigenvalue weighted by atomic mass is 19.1. The van der Waals surface area contributed by atoms with Crippen LogP contribution in [0, 0.1) is 5.82 Å². The predicted molar refractivity (Wildman–Crippen MR) is 98.7 cm³/mol. The van der Waals surface area contributed by atoms with E-state index in [4.69, 9.17) is 15.2 Å². The van der Waals surface area contributed by atoms with Crippen molar-refractivity contribution in [3.8, 4) is 11.5 Å². The monoisotopic (exact) mass is 402 g/mol. The van der Waals surface area contributed by atoms with Crippen LogP contribution in [0.25, 0.3) is 0 Å². The Morgan fingerprint density at radius 1 is 1.21 bits per heavy atom. The molecule has 1 aliphatic heterocycles. The number of carbonyl (C=O) groups excluding carboxylic acids is 3. The van der Waals surface area contributed by atoms with Crippen molar-refractivity contribution in [2.45, 2.75) is 25.0 Å². The van der Waals surface area contributed by atoms with E-state index in [2.05, 4.69) is 4.74 Å². The van der Waals surface area contributed by atoms with Gasteiger partial charge < -0.3 is 19.9 Å². The molecule has 1 aliphatic rings. The summed E-state index contributed by atoms with van der Waals surface area (Å²) in [5, 5.41) is 2.00. The molecule has 2 unspecified atom stereocenters. The van der Waals surface area contributed by atoms with E-state index in [1.54, 1.807) is 30.3 Å². The van der Waals surface area contributed by atoms with E-state index < -0.39 is 35.9 Å². The molecule has 0 radical (unpaired) electrons. The van der Waals surface area contributed by atoms with Gasteiger partial charge in [-0.2, -0.15) is 0 Å². The third-order valence-corrected chi connectivity index (χ3v) is 4.32. The van der Waals surface area contributed by atoms with Gasteiger partial charge in [0.15, 0.2) is 6.10 Å². The average Bonchev–Trinajstić information content (AvgIpc) is 3.01. The Balaban J connectivity index is 1.62. The first-order chi connectivity index (χ1) is 13.9.